The number of fused-ring (bicyclic) bond motifs is 1. The van der Waals surface area contributed by atoms with Crippen LogP contribution in [0.3, 0.4) is 0 Å². The number of para-hydroxylation sites is 1. The quantitative estimate of drug-likeness (QED) is 0.465. The maximum Gasteiger partial charge on any atom is 0.417 e. The van der Waals surface area contributed by atoms with Crippen molar-refractivity contribution in [3.63, 3.8) is 0 Å². The lowest BCUT2D eigenvalue weighted by atomic mass is 9.97. The van der Waals surface area contributed by atoms with E-state index in [1.165, 1.54) is 38.2 Å². The Bertz CT molecular complexity index is 1460. The summed E-state index contributed by atoms with van der Waals surface area (Å²) in [6, 6.07) is 11.6. The van der Waals surface area contributed by atoms with E-state index in [-0.39, 0.29) is 17.7 Å². The van der Waals surface area contributed by atoms with E-state index in [0.717, 1.165) is 21.9 Å². The minimum absolute atomic E-state index is 0.0526. The van der Waals surface area contributed by atoms with E-state index in [4.69, 9.17) is 0 Å². The molecule has 0 radical (unpaired) electrons. The molecule has 0 bridgehead atoms. The molecular weight excluding hydrogens is 487 g/mol. The molecule has 0 saturated heterocycles. The second kappa shape index (κ2) is 9.61. The number of nitrogens with zero attached hydrogens (tertiary/aromatic N) is 1. The summed E-state index contributed by atoms with van der Waals surface area (Å²) in [5.41, 5.74) is 0.360. The van der Waals surface area contributed by atoms with Crippen molar-refractivity contribution in [1.82, 2.24) is 9.88 Å². The topological polar surface area (TPSA) is 100 Å². The number of carbonyl (C=O) groups is 2. The summed E-state index contributed by atoms with van der Waals surface area (Å²) in [6.45, 7) is 5.35. The summed E-state index contributed by atoms with van der Waals surface area (Å²) < 4.78 is 42.1. The second-order valence-electron chi connectivity index (χ2n) is 8.88. The summed E-state index contributed by atoms with van der Waals surface area (Å²) >= 11 is 0. The van der Waals surface area contributed by atoms with Crippen LogP contribution in [0.15, 0.2) is 66.0 Å². The summed E-state index contributed by atoms with van der Waals surface area (Å²) in [5, 5.41) is 15.2. The first-order valence-corrected chi connectivity index (χ1v) is 11.3. The van der Waals surface area contributed by atoms with Gasteiger partial charge in [0.15, 0.2) is 0 Å². The predicted octanol–water partition coefficient (Wildman–Crippen LogP) is 4.00. The molecule has 37 heavy (non-hydrogen) atoms. The Morgan fingerprint density at radius 2 is 1.81 bits per heavy atom. The summed E-state index contributed by atoms with van der Waals surface area (Å²) in [7, 11) is 1.39. The van der Waals surface area contributed by atoms with Crippen LogP contribution >= 0.6 is 0 Å². The molecule has 10 heteroatoms. The highest BCUT2D eigenvalue weighted by molar-refractivity contribution is 6.04. The molecule has 7 nitrogen and oxygen atoms in total. The van der Waals surface area contributed by atoms with Crippen molar-refractivity contribution in [1.29, 1.82) is 0 Å². The van der Waals surface area contributed by atoms with E-state index < -0.39 is 46.8 Å². The van der Waals surface area contributed by atoms with E-state index in [0.29, 0.717) is 11.1 Å². The molecule has 2 heterocycles. The minimum Gasteiger partial charge on any atom is -0.480 e. The second-order valence-corrected chi connectivity index (χ2v) is 8.88. The number of amides is 1. The first kappa shape index (κ1) is 25.7. The molecule has 0 aliphatic carbocycles. The van der Waals surface area contributed by atoms with Gasteiger partial charge in [-0.15, -0.1) is 0 Å². The van der Waals surface area contributed by atoms with Gasteiger partial charge in [-0.1, -0.05) is 49.0 Å². The van der Waals surface area contributed by atoms with E-state index in [1.807, 2.05) is 0 Å². The van der Waals surface area contributed by atoms with E-state index in [2.05, 4.69) is 17.2 Å². The number of pyridine rings is 1. The van der Waals surface area contributed by atoms with Crippen LogP contribution in [0.5, 0.6) is 0 Å². The summed E-state index contributed by atoms with van der Waals surface area (Å²) in [5.74, 6) is -1.84. The van der Waals surface area contributed by atoms with Gasteiger partial charge in [0.1, 0.15) is 12.1 Å². The number of carboxylic acid groups (broad SMARTS) is 1. The average molecular weight is 512 g/mol. The van der Waals surface area contributed by atoms with Crippen molar-refractivity contribution in [2.45, 2.75) is 31.6 Å². The number of carboxylic acids is 1. The van der Waals surface area contributed by atoms with E-state index in [9.17, 15) is 32.7 Å². The number of carbonyl (C=O) groups excluding carboxylic acids is 1. The number of aromatic nitrogens is 1. The number of aryl methyl sites for hydroxylation is 1. The number of halogens is 3. The predicted molar refractivity (Wildman–Crippen MR) is 133 cm³/mol. The zero-order valence-electron chi connectivity index (χ0n) is 20.0. The maximum atomic E-state index is 13.7. The lowest BCUT2D eigenvalue weighted by Crippen LogP contribution is -2.48. The van der Waals surface area contributed by atoms with Crippen molar-refractivity contribution >= 4 is 23.1 Å². The molecule has 1 amide bonds. The molecule has 4 rings (SSSR count). The minimum atomic E-state index is -4.73. The van der Waals surface area contributed by atoms with Crippen LogP contribution < -0.4 is 16.2 Å². The van der Waals surface area contributed by atoms with Gasteiger partial charge in [-0.05, 0) is 35.8 Å². The SMILES string of the molecule is C=C1c2ccccc2NC1C(=O)NC(Cc1ccc(-c2c(C(F)(F)F)cc(C)n(C)c2=O)cc1)C(=O)O. The van der Waals surface area contributed by atoms with Gasteiger partial charge in [0.05, 0.1) is 11.1 Å². The van der Waals surface area contributed by atoms with Crippen LogP contribution in [0.2, 0.25) is 0 Å². The van der Waals surface area contributed by atoms with Gasteiger partial charge >= 0.3 is 12.1 Å². The third kappa shape index (κ3) is 5.00. The van der Waals surface area contributed by atoms with Gasteiger partial charge < -0.3 is 20.3 Å². The fourth-order valence-corrected chi connectivity index (χ4v) is 4.33. The molecule has 2 unspecified atom stereocenters. The average Bonchev–Trinajstić information content (AvgIpc) is 3.18. The van der Waals surface area contributed by atoms with Crippen LogP contribution in [0.25, 0.3) is 16.7 Å². The van der Waals surface area contributed by atoms with Crippen LogP contribution in [-0.2, 0) is 29.2 Å². The van der Waals surface area contributed by atoms with Gasteiger partial charge in [0, 0.05) is 30.4 Å². The number of benzene rings is 2. The first-order valence-electron chi connectivity index (χ1n) is 11.3. The Kier molecular flexibility index (Phi) is 6.68. The lowest BCUT2D eigenvalue weighted by molar-refractivity contribution is -0.141. The fraction of sp³-hybridized carbons (Fsp3) is 0.222. The fourth-order valence-electron chi connectivity index (χ4n) is 4.33. The molecule has 192 valence electrons. The molecule has 2 atom stereocenters. The third-order valence-electron chi connectivity index (χ3n) is 6.46. The van der Waals surface area contributed by atoms with Gasteiger partial charge in [0.2, 0.25) is 5.91 Å². The Hall–Kier alpha value is -4.34. The highest BCUT2D eigenvalue weighted by Crippen LogP contribution is 2.36. The number of alkyl halides is 3. The molecule has 0 spiro atoms. The van der Waals surface area contributed by atoms with Gasteiger partial charge in [0.25, 0.3) is 5.56 Å². The van der Waals surface area contributed by atoms with Crippen LogP contribution in [0.1, 0.15) is 22.4 Å². The standard InChI is InChI=1S/C27H24F3N3O4/c1-14-12-19(27(28,29)30)22(25(35)33(14)3)17-10-8-16(9-11-17)13-21(26(36)37)32-24(34)23-15(2)18-6-4-5-7-20(18)31-23/h4-12,21,23,31H,2,13H2,1,3H3,(H,32,34)(H,36,37). The Morgan fingerprint density at radius 3 is 2.41 bits per heavy atom. The van der Waals surface area contributed by atoms with Crippen molar-refractivity contribution < 1.29 is 27.9 Å². The number of rotatable bonds is 6. The van der Waals surface area contributed by atoms with Crippen molar-refractivity contribution in [2.24, 2.45) is 7.05 Å². The molecule has 3 aromatic rings. The number of anilines is 1. The summed E-state index contributed by atoms with van der Waals surface area (Å²) in [6.07, 6.45) is -4.85. The zero-order chi connectivity index (χ0) is 27.1. The first-order chi connectivity index (χ1) is 17.4. The molecule has 0 fully saturated rings. The van der Waals surface area contributed by atoms with Gasteiger partial charge in [-0.2, -0.15) is 13.2 Å². The Morgan fingerprint density at radius 1 is 1.16 bits per heavy atom. The van der Waals surface area contributed by atoms with Crippen LogP contribution in [0, 0.1) is 6.92 Å². The largest absolute Gasteiger partial charge is 0.480 e. The molecule has 1 aliphatic rings. The monoisotopic (exact) mass is 511 g/mol. The Balaban J connectivity index is 1.55. The van der Waals surface area contributed by atoms with Gasteiger partial charge in [-0.25, -0.2) is 4.79 Å². The number of aliphatic carboxylic acids is 1. The van der Waals surface area contributed by atoms with Crippen LogP contribution in [-0.4, -0.2) is 33.6 Å². The number of hydrogen-bond acceptors (Lipinski definition) is 4. The van der Waals surface area contributed by atoms with Crippen LogP contribution in [0.4, 0.5) is 18.9 Å². The van der Waals surface area contributed by atoms with Crippen molar-refractivity contribution in [3.05, 3.63) is 93.9 Å². The normalized spacial score (nSPS) is 15.6. The van der Waals surface area contributed by atoms with Gasteiger partial charge in [-0.3, -0.25) is 9.59 Å². The Labute approximate surface area is 210 Å². The molecule has 2 aromatic carbocycles. The number of nitrogens with one attached hydrogen (secondary N) is 2. The molecule has 3 N–H and O–H groups in total. The van der Waals surface area contributed by atoms with Crippen molar-refractivity contribution in [3.8, 4) is 11.1 Å². The van der Waals surface area contributed by atoms with Crippen molar-refractivity contribution in [2.75, 3.05) is 5.32 Å². The highest BCUT2D eigenvalue weighted by Gasteiger charge is 2.36. The number of hydrogen-bond donors (Lipinski definition) is 3. The molecule has 1 aromatic heterocycles. The molecule has 0 saturated carbocycles. The molecular formula is C27H24F3N3O4. The lowest BCUT2D eigenvalue weighted by Gasteiger charge is -2.19. The summed E-state index contributed by atoms with van der Waals surface area (Å²) in [4.78, 5) is 37.4. The smallest absolute Gasteiger partial charge is 0.417 e. The third-order valence-corrected chi connectivity index (χ3v) is 6.46. The highest BCUT2D eigenvalue weighted by atomic mass is 19.4. The molecule has 1 aliphatic heterocycles. The maximum absolute atomic E-state index is 13.7. The van der Waals surface area contributed by atoms with E-state index in [1.54, 1.807) is 24.3 Å². The van der Waals surface area contributed by atoms with E-state index >= 15 is 0 Å². The zero-order valence-corrected chi connectivity index (χ0v) is 20.0.